The smallest absolute Gasteiger partial charge is 0.340 e. The Bertz CT molecular complexity index is 841. The van der Waals surface area contributed by atoms with Gasteiger partial charge in [0.25, 0.3) is 5.91 Å². The molecule has 144 valence electrons. The van der Waals surface area contributed by atoms with Gasteiger partial charge in [-0.3, -0.25) is 4.79 Å². The van der Waals surface area contributed by atoms with Crippen LogP contribution in [0.1, 0.15) is 28.9 Å². The number of hydrogen-bond acceptors (Lipinski definition) is 5. The third-order valence-corrected chi connectivity index (χ3v) is 4.33. The highest BCUT2D eigenvalue weighted by Crippen LogP contribution is 2.29. The first kappa shape index (κ1) is 20.9. The average molecular weight is 412 g/mol. The molecule has 0 saturated heterocycles. The van der Waals surface area contributed by atoms with Crippen LogP contribution in [0.2, 0.25) is 10.0 Å². The van der Waals surface area contributed by atoms with Crippen LogP contribution < -0.4 is 14.8 Å². The molecule has 6 nitrogen and oxygen atoms in total. The lowest BCUT2D eigenvalue weighted by Gasteiger charge is -2.18. The predicted octanol–water partition coefficient (Wildman–Crippen LogP) is 4.04. The Labute approximate surface area is 167 Å². The van der Waals surface area contributed by atoms with E-state index in [1.165, 1.54) is 19.2 Å². The third kappa shape index (κ3) is 5.52. The number of nitrogens with one attached hydrogen (secondary N) is 1. The van der Waals surface area contributed by atoms with Gasteiger partial charge in [0, 0.05) is 10.6 Å². The van der Waals surface area contributed by atoms with Crippen LogP contribution in [0.5, 0.6) is 11.5 Å². The van der Waals surface area contributed by atoms with Gasteiger partial charge in [-0.25, -0.2) is 4.79 Å². The van der Waals surface area contributed by atoms with Crippen LogP contribution in [0.4, 0.5) is 0 Å². The summed E-state index contributed by atoms with van der Waals surface area (Å²) < 4.78 is 15.5. The molecule has 1 N–H and O–H groups in total. The SMILES string of the molecule is COc1ccc(OC)c(C(C)NC(=O)COC(=O)c2cc(Cl)ccc2Cl)c1. The van der Waals surface area contributed by atoms with Gasteiger partial charge in [-0.05, 0) is 43.3 Å². The lowest BCUT2D eigenvalue weighted by atomic mass is 10.1. The number of ether oxygens (including phenoxy) is 3. The summed E-state index contributed by atoms with van der Waals surface area (Å²) in [5, 5.41) is 3.28. The van der Waals surface area contributed by atoms with Crippen molar-refractivity contribution in [2.24, 2.45) is 0 Å². The lowest BCUT2D eigenvalue weighted by molar-refractivity contribution is -0.124. The molecule has 0 aliphatic carbocycles. The van der Waals surface area contributed by atoms with E-state index >= 15 is 0 Å². The molecule has 0 aliphatic rings. The van der Waals surface area contributed by atoms with E-state index in [9.17, 15) is 9.59 Å². The van der Waals surface area contributed by atoms with Gasteiger partial charge in [0.2, 0.25) is 0 Å². The van der Waals surface area contributed by atoms with Crippen molar-refractivity contribution in [1.29, 1.82) is 0 Å². The van der Waals surface area contributed by atoms with E-state index in [0.717, 1.165) is 5.56 Å². The zero-order valence-electron chi connectivity index (χ0n) is 15.0. The van der Waals surface area contributed by atoms with Gasteiger partial charge in [0.15, 0.2) is 6.61 Å². The number of methoxy groups -OCH3 is 2. The maximum absolute atomic E-state index is 12.1. The lowest BCUT2D eigenvalue weighted by Crippen LogP contribution is -2.31. The van der Waals surface area contributed by atoms with Gasteiger partial charge >= 0.3 is 5.97 Å². The van der Waals surface area contributed by atoms with Gasteiger partial charge in [-0.2, -0.15) is 0 Å². The fraction of sp³-hybridized carbons (Fsp3) is 0.263. The number of halogens is 2. The molecule has 0 radical (unpaired) electrons. The summed E-state index contributed by atoms with van der Waals surface area (Å²) >= 11 is 11.8. The second-order valence-corrected chi connectivity index (χ2v) is 6.44. The first-order valence-corrected chi connectivity index (χ1v) is 8.74. The molecule has 0 saturated carbocycles. The zero-order chi connectivity index (χ0) is 20.0. The molecule has 1 amide bonds. The topological polar surface area (TPSA) is 73.9 Å². The monoisotopic (exact) mass is 411 g/mol. The van der Waals surface area contributed by atoms with E-state index in [2.05, 4.69) is 5.32 Å². The summed E-state index contributed by atoms with van der Waals surface area (Å²) in [6.45, 7) is 1.32. The minimum absolute atomic E-state index is 0.0967. The van der Waals surface area contributed by atoms with Crippen molar-refractivity contribution in [2.75, 3.05) is 20.8 Å². The number of hydrogen-bond donors (Lipinski definition) is 1. The summed E-state index contributed by atoms with van der Waals surface area (Å²) in [6, 6.07) is 9.30. The van der Waals surface area contributed by atoms with Crippen molar-refractivity contribution in [3.05, 3.63) is 57.6 Å². The second-order valence-electron chi connectivity index (χ2n) is 5.60. The molecule has 27 heavy (non-hydrogen) atoms. The van der Waals surface area contributed by atoms with Gasteiger partial charge in [0.05, 0.1) is 30.8 Å². The third-order valence-electron chi connectivity index (χ3n) is 3.76. The summed E-state index contributed by atoms with van der Waals surface area (Å²) in [5.41, 5.74) is 0.828. The van der Waals surface area contributed by atoms with Crippen LogP contribution in [-0.4, -0.2) is 32.7 Å². The summed E-state index contributed by atoms with van der Waals surface area (Å²) in [6.07, 6.45) is 0. The molecule has 1 atom stereocenters. The minimum Gasteiger partial charge on any atom is -0.497 e. The molecule has 2 rings (SSSR count). The summed E-state index contributed by atoms with van der Waals surface area (Å²) in [7, 11) is 3.09. The number of carbonyl (C=O) groups excluding carboxylic acids is 2. The molecule has 1 unspecified atom stereocenters. The largest absolute Gasteiger partial charge is 0.497 e. The molecule has 0 bridgehead atoms. The molecule has 2 aromatic carbocycles. The molecule has 2 aromatic rings. The molecule has 0 fully saturated rings. The zero-order valence-corrected chi connectivity index (χ0v) is 16.6. The van der Waals surface area contributed by atoms with Crippen molar-refractivity contribution in [3.63, 3.8) is 0 Å². The summed E-state index contributed by atoms with van der Waals surface area (Å²) in [4.78, 5) is 24.2. The number of esters is 1. The fourth-order valence-corrected chi connectivity index (χ4v) is 2.77. The Kier molecular flexibility index (Phi) is 7.33. The van der Waals surface area contributed by atoms with E-state index in [-0.39, 0.29) is 10.6 Å². The highest BCUT2D eigenvalue weighted by Gasteiger charge is 2.18. The molecule has 0 aliphatic heterocycles. The van der Waals surface area contributed by atoms with Crippen LogP contribution >= 0.6 is 23.2 Å². The highest BCUT2D eigenvalue weighted by atomic mass is 35.5. The Morgan fingerprint density at radius 1 is 1.07 bits per heavy atom. The highest BCUT2D eigenvalue weighted by molar-refractivity contribution is 6.35. The van der Waals surface area contributed by atoms with Gasteiger partial charge < -0.3 is 19.5 Å². The number of amides is 1. The molecular formula is C19H19Cl2NO5. The standard InChI is InChI=1S/C19H19Cl2NO5/c1-11(14-9-13(25-2)5-7-17(14)26-3)22-18(23)10-27-19(24)15-8-12(20)4-6-16(15)21/h4-9,11H,10H2,1-3H3,(H,22,23). The first-order chi connectivity index (χ1) is 12.8. The van der Waals surface area contributed by atoms with Crippen LogP contribution in [0.15, 0.2) is 36.4 Å². The van der Waals surface area contributed by atoms with E-state index in [1.807, 2.05) is 0 Å². The van der Waals surface area contributed by atoms with E-state index in [0.29, 0.717) is 16.5 Å². The van der Waals surface area contributed by atoms with E-state index in [1.54, 1.807) is 38.3 Å². The molecular weight excluding hydrogens is 393 g/mol. The molecule has 8 heteroatoms. The van der Waals surface area contributed by atoms with Crippen molar-refractivity contribution < 1.29 is 23.8 Å². The van der Waals surface area contributed by atoms with Gasteiger partial charge in [-0.15, -0.1) is 0 Å². The van der Waals surface area contributed by atoms with Crippen LogP contribution in [-0.2, 0) is 9.53 Å². The van der Waals surface area contributed by atoms with Crippen molar-refractivity contribution >= 4 is 35.1 Å². The Balaban J connectivity index is 1.99. The number of benzene rings is 2. The average Bonchev–Trinajstić information content (AvgIpc) is 2.67. The van der Waals surface area contributed by atoms with Crippen molar-refractivity contribution in [2.45, 2.75) is 13.0 Å². The summed E-state index contributed by atoms with van der Waals surface area (Å²) in [5.74, 6) is 0.0309. The van der Waals surface area contributed by atoms with E-state index in [4.69, 9.17) is 37.4 Å². The van der Waals surface area contributed by atoms with Gasteiger partial charge in [0.1, 0.15) is 11.5 Å². The van der Waals surface area contributed by atoms with Crippen molar-refractivity contribution in [3.8, 4) is 11.5 Å². The van der Waals surface area contributed by atoms with E-state index < -0.39 is 24.5 Å². The van der Waals surface area contributed by atoms with Gasteiger partial charge in [-0.1, -0.05) is 23.2 Å². The van der Waals surface area contributed by atoms with Crippen LogP contribution in [0, 0.1) is 0 Å². The van der Waals surface area contributed by atoms with Crippen molar-refractivity contribution in [1.82, 2.24) is 5.32 Å². The van der Waals surface area contributed by atoms with Crippen LogP contribution in [0.25, 0.3) is 0 Å². The maximum atomic E-state index is 12.1. The number of rotatable bonds is 7. The second kappa shape index (κ2) is 9.48. The Morgan fingerprint density at radius 2 is 1.81 bits per heavy atom. The molecule has 0 heterocycles. The fourth-order valence-electron chi connectivity index (χ4n) is 2.40. The maximum Gasteiger partial charge on any atom is 0.340 e. The minimum atomic E-state index is -0.732. The molecule has 0 aromatic heterocycles. The number of carbonyl (C=O) groups is 2. The normalized spacial score (nSPS) is 11.4. The predicted molar refractivity (Wildman–Crippen MR) is 103 cm³/mol. The first-order valence-electron chi connectivity index (χ1n) is 7.99. The molecule has 0 spiro atoms. The quantitative estimate of drug-likeness (QED) is 0.695. The Morgan fingerprint density at radius 3 is 2.48 bits per heavy atom. The van der Waals surface area contributed by atoms with Crippen LogP contribution in [0.3, 0.4) is 0 Å². The Hall–Kier alpha value is -2.44.